The molecule has 0 spiro atoms. The van der Waals surface area contributed by atoms with E-state index in [1.165, 1.54) is 22.9 Å². The Kier molecular flexibility index (Phi) is 6.72. The molecule has 0 aliphatic carbocycles. The van der Waals surface area contributed by atoms with E-state index in [-0.39, 0.29) is 29.5 Å². The Morgan fingerprint density at radius 1 is 1.00 bits per heavy atom. The average molecular weight is 545 g/mol. The van der Waals surface area contributed by atoms with Gasteiger partial charge in [0.2, 0.25) is 5.95 Å². The first-order chi connectivity index (χ1) is 18.2. The van der Waals surface area contributed by atoms with E-state index in [4.69, 9.17) is 16.3 Å². The third-order valence-electron chi connectivity index (χ3n) is 5.39. The number of imidazole rings is 1. The van der Waals surface area contributed by atoms with Crippen LogP contribution in [0.25, 0.3) is 11.2 Å². The molecule has 0 saturated heterocycles. The highest BCUT2D eigenvalue weighted by Gasteiger charge is 2.30. The predicted molar refractivity (Wildman–Crippen MR) is 132 cm³/mol. The van der Waals surface area contributed by atoms with E-state index in [1.54, 1.807) is 48.5 Å². The molecule has 0 atom stereocenters. The molecule has 3 heterocycles. The second kappa shape index (κ2) is 10.1. The summed E-state index contributed by atoms with van der Waals surface area (Å²) < 4.78 is 60.8. The van der Waals surface area contributed by atoms with Gasteiger partial charge in [0.25, 0.3) is 5.88 Å². The molecule has 13 heteroatoms. The van der Waals surface area contributed by atoms with E-state index in [9.17, 15) is 22.4 Å². The van der Waals surface area contributed by atoms with Crippen LogP contribution in [0.15, 0.2) is 78.0 Å². The van der Waals surface area contributed by atoms with E-state index in [0.29, 0.717) is 16.5 Å². The Morgan fingerprint density at radius 3 is 2.42 bits per heavy atom. The van der Waals surface area contributed by atoms with Crippen LogP contribution in [0.5, 0.6) is 11.6 Å². The van der Waals surface area contributed by atoms with Gasteiger partial charge < -0.3 is 14.6 Å². The minimum atomic E-state index is -4.56. The number of aromatic nitrogens is 5. The Morgan fingerprint density at radius 2 is 1.74 bits per heavy atom. The normalized spacial score (nSPS) is 11.6. The molecule has 0 amide bonds. The number of benzene rings is 2. The Labute approximate surface area is 217 Å². The molecule has 5 aromatic rings. The second-order valence-corrected chi connectivity index (χ2v) is 8.59. The predicted octanol–water partition coefficient (Wildman–Crippen LogP) is 5.93. The topological polar surface area (TPSA) is 86.9 Å². The van der Waals surface area contributed by atoms with Crippen LogP contribution in [0, 0.1) is 5.82 Å². The van der Waals surface area contributed by atoms with E-state index >= 15 is 0 Å². The highest BCUT2D eigenvalue weighted by molar-refractivity contribution is 6.30. The summed E-state index contributed by atoms with van der Waals surface area (Å²) in [6.45, 7) is -1.25. The fourth-order valence-electron chi connectivity index (χ4n) is 3.72. The molecule has 2 aromatic carbocycles. The second-order valence-electron chi connectivity index (χ2n) is 8.15. The van der Waals surface area contributed by atoms with Crippen molar-refractivity contribution in [3.63, 3.8) is 0 Å². The molecule has 0 unspecified atom stereocenters. The van der Waals surface area contributed by atoms with Crippen LogP contribution in [-0.2, 0) is 13.1 Å². The van der Waals surface area contributed by atoms with Crippen LogP contribution in [-0.4, -0.2) is 30.3 Å². The molecule has 0 aliphatic rings. The largest absolute Gasteiger partial charge is 0.436 e. The van der Waals surface area contributed by atoms with E-state index in [2.05, 4.69) is 20.3 Å². The van der Waals surface area contributed by atoms with Gasteiger partial charge in [-0.15, -0.1) is 0 Å². The number of hydrogen-bond acceptors (Lipinski definition) is 6. The van der Waals surface area contributed by atoms with Gasteiger partial charge >= 0.3 is 11.7 Å². The van der Waals surface area contributed by atoms with Crippen molar-refractivity contribution in [3.8, 4) is 11.6 Å². The lowest BCUT2D eigenvalue weighted by Crippen LogP contribution is -2.23. The maximum absolute atomic E-state index is 13.8. The minimum absolute atomic E-state index is 0.0253. The van der Waals surface area contributed by atoms with Gasteiger partial charge in [0.15, 0.2) is 17.0 Å². The zero-order chi connectivity index (χ0) is 26.9. The van der Waals surface area contributed by atoms with Gasteiger partial charge in [-0.1, -0.05) is 23.7 Å². The van der Waals surface area contributed by atoms with Crippen molar-refractivity contribution in [1.29, 1.82) is 0 Å². The molecule has 5 rings (SSSR count). The Hall–Kier alpha value is -4.45. The number of ether oxygens (including phenoxy) is 1. The standard InChI is InChI=1S/C25H17ClF4N6O2/c26-16-5-3-15(4-6-16)12-36-21-20(35(14-32-21)13-25(28,29)30)22(37)34-24(36)33-17-7-9-18(10-8-17)38-23-19(27)2-1-11-31-23/h1-11,14H,12-13H2,(H,33,34,37). The molecular formula is C25H17ClF4N6O2. The van der Waals surface area contributed by atoms with Gasteiger partial charge in [-0.3, -0.25) is 9.36 Å². The number of fused-ring (bicyclic) bond motifs is 1. The number of halogens is 5. The Bertz CT molecular complexity index is 1650. The number of anilines is 2. The maximum Gasteiger partial charge on any atom is 0.406 e. The van der Waals surface area contributed by atoms with Crippen molar-refractivity contribution in [3.05, 3.63) is 99.9 Å². The fourth-order valence-corrected chi connectivity index (χ4v) is 3.85. The first kappa shape index (κ1) is 25.2. The highest BCUT2D eigenvalue weighted by Crippen LogP contribution is 2.26. The number of pyridine rings is 1. The van der Waals surface area contributed by atoms with Gasteiger partial charge in [-0.2, -0.15) is 18.2 Å². The minimum Gasteiger partial charge on any atom is -0.436 e. The van der Waals surface area contributed by atoms with Gasteiger partial charge in [-0.05, 0) is 54.1 Å². The quantitative estimate of drug-likeness (QED) is 0.256. The van der Waals surface area contributed by atoms with Crippen molar-refractivity contribution in [2.45, 2.75) is 19.3 Å². The summed E-state index contributed by atoms with van der Waals surface area (Å²) in [5.74, 6) is -0.449. The number of nitrogens with one attached hydrogen (secondary N) is 1. The fraction of sp³-hybridized carbons (Fsp3) is 0.120. The SMILES string of the molecule is O=c1nc(Nc2ccc(Oc3ncccc3F)cc2)n(Cc2ccc(Cl)cc2)c2ncn(CC(F)(F)F)c12. The lowest BCUT2D eigenvalue weighted by molar-refractivity contribution is -0.140. The van der Waals surface area contributed by atoms with Gasteiger partial charge in [0.05, 0.1) is 12.9 Å². The summed E-state index contributed by atoms with van der Waals surface area (Å²) in [5, 5.41) is 3.52. The average Bonchev–Trinajstić information content (AvgIpc) is 3.28. The Balaban J connectivity index is 1.51. The molecule has 1 N–H and O–H groups in total. The van der Waals surface area contributed by atoms with Crippen molar-refractivity contribution >= 4 is 34.4 Å². The molecule has 3 aromatic heterocycles. The van der Waals surface area contributed by atoms with E-state index < -0.39 is 24.1 Å². The number of alkyl halides is 3. The summed E-state index contributed by atoms with van der Waals surface area (Å²) in [5.41, 5.74) is 0.0998. The van der Waals surface area contributed by atoms with Crippen molar-refractivity contribution in [1.82, 2.24) is 24.1 Å². The summed E-state index contributed by atoms with van der Waals surface area (Å²) in [7, 11) is 0. The van der Waals surface area contributed by atoms with Crippen LogP contribution in [0.4, 0.5) is 29.2 Å². The molecule has 0 bridgehead atoms. The van der Waals surface area contributed by atoms with E-state index in [0.717, 1.165) is 16.5 Å². The van der Waals surface area contributed by atoms with Crippen molar-refractivity contribution < 1.29 is 22.3 Å². The van der Waals surface area contributed by atoms with Crippen molar-refractivity contribution in [2.75, 3.05) is 5.32 Å². The van der Waals surface area contributed by atoms with Crippen LogP contribution >= 0.6 is 11.6 Å². The molecule has 194 valence electrons. The maximum atomic E-state index is 13.8. The lowest BCUT2D eigenvalue weighted by Gasteiger charge is -2.16. The number of nitrogens with zero attached hydrogens (tertiary/aromatic N) is 5. The monoisotopic (exact) mass is 544 g/mol. The third-order valence-corrected chi connectivity index (χ3v) is 5.65. The summed E-state index contributed by atoms with van der Waals surface area (Å²) in [6, 6.07) is 15.8. The lowest BCUT2D eigenvalue weighted by atomic mass is 10.2. The summed E-state index contributed by atoms with van der Waals surface area (Å²) in [6.07, 6.45) is -2.20. The molecule has 8 nitrogen and oxygen atoms in total. The molecular weight excluding hydrogens is 528 g/mol. The first-order valence-corrected chi connectivity index (χ1v) is 11.5. The third kappa shape index (κ3) is 5.59. The number of hydrogen-bond donors (Lipinski definition) is 1. The van der Waals surface area contributed by atoms with Crippen molar-refractivity contribution in [2.24, 2.45) is 0 Å². The van der Waals surface area contributed by atoms with Crippen LogP contribution < -0.4 is 15.6 Å². The molecule has 0 radical (unpaired) electrons. The highest BCUT2D eigenvalue weighted by atomic mass is 35.5. The molecule has 38 heavy (non-hydrogen) atoms. The zero-order valence-electron chi connectivity index (χ0n) is 19.3. The number of rotatable bonds is 7. The summed E-state index contributed by atoms with van der Waals surface area (Å²) in [4.78, 5) is 24.8. The zero-order valence-corrected chi connectivity index (χ0v) is 20.0. The molecule has 0 fully saturated rings. The van der Waals surface area contributed by atoms with Crippen LogP contribution in [0.2, 0.25) is 5.02 Å². The van der Waals surface area contributed by atoms with Gasteiger partial charge in [0, 0.05) is 16.9 Å². The van der Waals surface area contributed by atoms with Gasteiger partial charge in [-0.25, -0.2) is 14.4 Å². The van der Waals surface area contributed by atoms with E-state index in [1.807, 2.05) is 0 Å². The van der Waals surface area contributed by atoms with Crippen LogP contribution in [0.3, 0.4) is 0 Å². The van der Waals surface area contributed by atoms with Gasteiger partial charge in [0.1, 0.15) is 12.3 Å². The first-order valence-electron chi connectivity index (χ1n) is 11.1. The smallest absolute Gasteiger partial charge is 0.406 e. The summed E-state index contributed by atoms with van der Waals surface area (Å²) >= 11 is 5.98. The van der Waals surface area contributed by atoms with Crippen LogP contribution in [0.1, 0.15) is 5.56 Å². The molecule has 0 saturated carbocycles. The molecule has 0 aliphatic heterocycles.